The maximum atomic E-state index is 6.09. The zero-order chi connectivity index (χ0) is 13.8. The Morgan fingerprint density at radius 2 is 2.10 bits per heavy atom. The summed E-state index contributed by atoms with van der Waals surface area (Å²) in [5.74, 6) is 1.84. The van der Waals surface area contributed by atoms with Crippen LogP contribution in [0.3, 0.4) is 0 Å². The molecule has 106 valence electrons. The van der Waals surface area contributed by atoms with Gasteiger partial charge in [-0.3, -0.25) is 4.90 Å². The number of ether oxygens (including phenoxy) is 1. The molecule has 1 saturated heterocycles. The van der Waals surface area contributed by atoms with Gasteiger partial charge < -0.3 is 9.15 Å². The Balaban J connectivity index is 1.63. The third-order valence-corrected chi connectivity index (χ3v) is 3.87. The van der Waals surface area contributed by atoms with Gasteiger partial charge in [0.15, 0.2) is 0 Å². The molecule has 1 unspecified atom stereocenters. The third-order valence-electron chi connectivity index (χ3n) is 3.87. The van der Waals surface area contributed by atoms with E-state index in [-0.39, 0.29) is 0 Å². The highest BCUT2D eigenvalue weighted by molar-refractivity contribution is 5.58. The Morgan fingerprint density at radius 1 is 1.25 bits per heavy atom. The molecule has 1 aliphatic heterocycles. The second kappa shape index (κ2) is 6.14. The first-order chi connectivity index (χ1) is 9.85. The SMILES string of the molecule is CCN1CCCC(Oc2ccc(-c3ccco3)cc2)C1. The lowest BCUT2D eigenvalue weighted by atomic mass is 10.1. The van der Waals surface area contributed by atoms with Crippen LogP contribution in [-0.2, 0) is 0 Å². The summed E-state index contributed by atoms with van der Waals surface area (Å²) in [5, 5.41) is 0. The van der Waals surface area contributed by atoms with Gasteiger partial charge in [0.1, 0.15) is 17.6 Å². The number of rotatable bonds is 4. The lowest BCUT2D eigenvalue weighted by Crippen LogP contribution is -2.40. The Bertz CT molecular complexity index is 518. The normalized spacial score (nSPS) is 19.9. The van der Waals surface area contributed by atoms with Gasteiger partial charge in [-0.25, -0.2) is 0 Å². The first-order valence-corrected chi connectivity index (χ1v) is 7.38. The second-order valence-electron chi connectivity index (χ2n) is 5.28. The van der Waals surface area contributed by atoms with E-state index in [1.54, 1.807) is 6.26 Å². The van der Waals surface area contributed by atoms with Crippen LogP contribution >= 0.6 is 0 Å². The average Bonchev–Trinajstić information content (AvgIpc) is 3.02. The highest BCUT2D eigenvalue weighted by Crippen LogP contribution is 2.24. The maximum absolute atomic E-state index is 6.09. The molecule has 20 heavy (non-hydrogen) atoms. The number of likely N-dealkylation sites (tertiary alicyclic amines) is 1. The predicted octanol–water partition coefficient (Wildman–Crippen LogP) is 3.81. The number of likely N-dealkylation sites (N-methyl/N-ethyl adjacent to an activating group) is 1. The van der Waals surface area contributed by atoms with Gasteiger partial charge in [0.25, 0.3) is 0 Å². The zero-order valence-electron chi connectivity index (χ0n) is 11.9. The van der Waals surface area contributed by atoms with E-state index in [9.17, 15) is 0 Å². The molecule has 3 rings (SSSR count). The summed E-state index contributed by atoms with van der Waals surface area (Å²) in [6.07, 6.45) is 4.39. The van der Waals surface area contributed by atoms with Crippen LogP contribution in [0.15, 0.2) is 47.1 Å². The van der Waals surface area contributed by atoms with Crippen LogP contribution in [0.25, 0.3) is 11.3 Å². The standard InChI is InChI=1S/C17H21NO2/c1-2-18-11-3-5-16(13-18)20-15-9-7-14(8-10-15)17-6-4-12-19-17/h4,6-10,12,16H,2-3,5,11,13H2,1H3. The molecule has 1 aliphatic rings. The molecule has 2 aromatic rings. The Hall–Kier alpha value is -1.74. The molecule has 1 atom stereocenters. The zero-order valence-corrected chi connectivity index (χ0v) is 11.9. The van der Waals surface area contributed by atoms with Crippen molar-refractivity contribution in [2.75, 3.05) is 19.6 Å². The van der Waals surface area contributed by atoms with Gasteiger partial charge in [0.05, 0.1) is 6.26 Å². The number of nitrogens with zero attached hydrogens (tertiary/aromatic N) is 1. The van der Waals surface area contributed by atoms with Crippen molar-refractivity contribution in [3.63, 3.8) is 0 Å². The Labute approximate surface area is 120 Å². The molecule has 1 aromatic carbocycles. The van der Waals surface area contributed by atoms with E-state index in [2.05, 4.69) is 24.0 Å². The highest BCUT2D eigenvalue weighted by Gasteiger charge is 2.19. The van der Waals surface area contributed by atoms with Crippen LogP contribution in [0.1, 0.15) is 19.8 Å². The fourth-order valence-corrected chi connectivity index (χ4v) is 2.73. The van der Waals surface area contributed by atoms with Crippen LogP contribution in [0.4, 0.5) is 0 Å². The van der Waals surface area contributed by atoms with Crippen molar-refractivity contribution < 1.29 is 9.15 Å². The summed E-state index contributed by atoms with van der Waals surface area (Å²) in [6, 6.07) is 12.0. The summed E-state index contributed by atoms with van der Waals surface area (Å²) in [7, 11) is 0. The minimum Gasteiger partial charge on any atom is -0.489 e. The van der Waals surface area contributed by atoms with Gasteiger partial charge in [-0.05, 0) is 62.3 Å². The molecule has 0 amide bonds. The van der Waals surface area contributed by atoms with Crippen molar-refractivity contribution in [3.05, 3.63) is 42.7 Å². The highest BCUT2D eigenvalue weighted by atomic mass is 16.5. The number of hydrogen-bond donors (Lipinski definition) is 0. The van der Waals surface area contributed by atoms with Crippen LogP contribution in [0, 0.1) is 0 Å². The molecule has 0 radical (unpaired) electrons. The molecule has 0 saturated carbocycles. The monoisotopic (exact) mass is 271 g/mol. The van der Waals surface area contributed by atoms with Crippen molar-refractivity contribution >= 4 is 0 Å². The lowest BCUT2D eigenvalue weighted by molar-refractivity contribution is 0.0920. The summed E-state index contributed by atoms with van der Waals surface area (Å²) < 4.78 is 11.5. The summed E-state index contributed by atoms with van der Waals surface area (Å²) in [4.78, 5) is 2.45. The quantitative estimate of drug-likeness (QED) is 0.845. The Morgan fingerprint density at radius 3 is 2.80 bits per heavy atom. The van der Waals surface area contributed by atoms with Gasteiger partial charge in [0, 0.05) is 12.1 Å². The first kappa shape index (κ1) is 13.3. The minimum absolute atomic E-state index is 0.318. The Kier molecular flexibility index (Phi) is 4.07. The predicted molar refractivity (Wildman–Crippen MR) is 79.9 cm³/mol. The van der Waals surface area contributed by atoms with Gasteiger partial charge in [-0.2, -0.15) is 0 Å². The van der Waals surface area contributed by atoms with Crippen molar-refractivity contribution in [1.82, 2.24) is 4.90 Å². The third kappa shape index (κ3) is 3.05. The van der Waals surface area contributed by atoms with Gasteiger partial charge in [-0.1, -0.05) is 6.92 Å². The maximum Gasteiger partial charge on any atom is 0.133 e. The molecule has 1 aromatic heterocycles. The van der Waals surface area contributed by atoms with Crippen LogP contribution in [-0.4, -0.2) is 30.6 Å². The topological polar surface area (TPSA) is 25.6 Å². The molecule has 0 spiro atoms. The summed E-state index contributed by atoms with van der Waals surface area (Å²) >= 11 is 0. The fourth-order valence-electron chi connectivity index (χ4n) is 2.73. The van der Waals surface area contributed by atoms with E-state index in [1.165, 1.54) is 13.0 Å². The molecular formula is C17H21NO2. The van der Waals surface area contributed by atoms with E-state index in [1.807, 2.05) is 24.3 Å². The van der Waals surface area contributed by atoms with E-state index < -0.39 is 0 Å². The van der Waals surface area contributed by atoms with Crippen LogP contribution in [0.5, 0.6) is 5.75 Å². The second-order valence-corrected chi connectivity index (χ2v) is 5.28. The molecule has 0 bridgehead atoms. The molecule has 3 nitrogen and oxygen atoms in total. The van der Waals surface area contributed by atoms with E-state index in [0.717, 1.165) is 36.6 Å². The van der Waals surface area contributed by atoms with Crippen LogP contribution < -0.4 is 4.74 Å². The molecule has 0 aliphatic carbocycles. The van der Waals surface area contributed by atoms with Crippen LogP contribution in [0.2, 0.25) is 0 Å². The number of piperidine rings is 1. The van der Waals surface area contributed by atoms with Crippen molar-refractivity contribution in [2.45, 2.75) is 25.9 Å². The molecular weight excluding hydrogens is 250 g/mol. The molecule has 2 heterocycles. The summed E-state index contributed by atoms with van der Waals surface area (Å²) in [5.41, 5.74) is 1.08. The minimum atomic E-state index is 0.318. The number of benzene rings is 1. The van der Waals surface area contributed by atoms with Gasteiger partial charge in [0.2, 0.25) is 0 Å². The van der Waals surface area contributed by atoms with Crippen molar-refractivity contribution in [2.24, 2.45) is 0 Å². The number of furan rings is 1. The van der Waals surface area contributed by atoms with Gasteiger partial charge >= 0.3 is 0 Å². The average molecular weight is 271 g/mol. The molecule has 3 heteroatoms. The van der Waals surface area contributed by atoms with E-state index in [0.29, 0.717) is 6.10 Å². The molecule has 1 fully saturated rings. The van der Waals surface area contributed by atoms with Crippen molar-refractivity contribution in [1.29, 1.82) is 0 Å². The molecule has 0 N–H and O–H groups in total. The summed E-state index contributed by atoms with van der Waals surface area (Å²) in [6.45, 7) is 5.56. The largest absolute Gasteiger partial charge is 0.489 e. The van der Waals surface area contributed by atoms with Gasteiger partial charge in [-0.15, -0.1) is 0 Å². The number of hydrogen-bond acceptors (Lipinski definition) is 3. The fraction of sp³-hybridized carbons (Fsp3) is 0.412. The van der Waals surface area contributed by atoms with E-state index in [4.69, 9.17) is 9.15 Å². The first-order valence-electron chi connectivity index (χ1n) is 7.38. The lowest BCUT2D eigenvalue weighted by Gasteiger charge is -2.32. The smallest absolute Gasteiger partial charge is 0.133 e. The van der Waals surface area contributed by atoms with E-state index >= 15 is 0 Å². The van der Waals surface area contributed by atoms with Crippen molar-refractivity contribution in [3.8, 4) is 17.1 Å².